The maximum atomic E-state index is 11.5. The molecule has 2 aromatic heterocycles. The van der Waals surface area contributed by atoms with Crippen LogP contribution >= 0.6 is 0 Å². The number of H-pyrrole nitrogens is 1. The molecule has 3 nitrogen and oxygen atoms in total. The van der Waals surface area contributed by atoms with Gasteiger partial charge in [0, 0.05) is 24.8 Å². The number of nitrogens with one attached hydrogen (secondary N) is 1. The lowest BCUT2D eigenvalue weighted by molar-refractivity contribution is 0.863. The minimum absolute atomic E-state index is 0.0283. The predicted octanol–water partition coefficient (Wildman–Crippen LogP) is 1.18. The Labute approximate surface area is 69.6 Å². The fraction of sp³-hybridized carbons (Fsp3) is 0.222. The SMILES string of the molecule is Cc1cn(C)c(=O)c2[nH]ccc12. The van der Waals surface area contributed by atoms with Crippen molar-refractivity contribution < 1.29 is 0 Å². The molecule has 0 saturated heterocycles. The Morgan fingerprint density at radius 3 is 3.00 bits per heavy atom. The number of aromatic nitrogens is 2. The summed E-state index contributed by atoms with van der Waals surface area (Å²) in [6.45, 7) is 2.00. The van der Waals surface area contributed by atoms with Gasteiger partial charge >= 0.3 is 0 Å². The average molecular weight is 162 g/mol. The van der Waals surface area contributed by atoms with Crippen LogP contribution in [0.5, 0.6) is 0 Å². The average Bonchev–Trinajstić information content (AvgIpc) is 2.48. The first-order valence-corrected chi connectivity index (χ1v) is 3.83. The van der Waals surface area contributed by atoms with Gasteiger partial charge in [-0.3, -0.25) is 4.79 Å². The van der Waals surface area contributed by atoms with Crippen LogP contribution in [-0.4, -0.2) is 9.55 Å². The van der Waals surface area contributed by atoms with Crippen molar-refractivity contribution in [3.8, 4) is 0 Å². The summed E-state index contributed by atoms with van der Waals surface area (Å²) < 4.78 is 1.59. The van der Waals surface area contributed by atoms with Crippen LogP contribution in [-0.2, 0) is 7.05 Å². The van der Waals surface area contributed by atoms with Gasteiger partial charge in [-0.25, -0.2) is 0 Å². The quantitative estimate of drug-likeness (QED) is 0.620. The van der Waals surface area contributed by atoms with Crippen molar-refractivity contribution in [2.45, 2.75) is 6.92 Å². The van der Waals surface area contributed by atoms with Crippen molar-refractivity contribution >= 4 is 10.9 Å². The van der Waals surface area contributed by atoms with Crippen molar-refractivity contribution in [3.63, 3.8) is 0 Å². The third-order valence-electron chi connectivity index (χ3n) is 2.09. The highest BCUT2D eigenvalue weighted by atomic mass is 16.1. The molecule has 2 aromatic rings. The third-order valence-corrected chi connectivity index (χ3v) is 2.09. The highest BCUT2D eigenvalue weighted by Gasteiger charge is 2.03. The second-order valence-electron chi connectivity index (χ2n) is 2.99. The van der Waals surface area contributed by atoms with Crippen molar-refractivity contribution in [3.05, 3.63) is 34.4 Å². The molecule has 1 N–H and O–H groups in total. The highest BCUT2D eigenvalue weighted by Crippen LogP contribution is 2.11. The van der Waals surface area contributed by atoms with Crippen LogP contribution in [0.15, 0.2) is 23.3 Å². The molecule has 2 heterocycles. The Balaban J connectivity index is 3.07. The van der Waals surface area contributed by atoms with Crippen LogP contribution in [0.25, 0.3) is 10.9 Å². The normalized spacial score (nSPS) is 10.8. The molecule has 62 valence electrons. The van der Waals surface area contributed by atoms with Crippen LogP contribution in [0.3, 0.4) is 0 Å². The molecule has 0 spiro atoms. The van der Waals surface area contributed by atoms with Gasteiger partial charge in [-0.1, -0.05) is 0 Å². The Hall–Kier alpha value is -1.51. The van der Waals surface area contributed by atoms with Crippen molar-refractivity contribution in [2.24, 2.45) is 7.05 Å². The maximum absolute atomic E-state index is 11.5. The fourth-order valence-corrected chi connectivity index (χ4v) is 1.47. The zero-order valence-electron chi connectivity index (χ0n) is 7.09. The fourth-order valence-electron chi connectivity index (χ4n) is 1.47. The van der Waals surface area contributed by atoms with Gasteiger partial charge in [-0.15, -0.1) is 0 Å². The van der Waals surface area contributed by atoms with Gasteiger partial charge < -0.3 is 9.55 Å². The molecular formula is C9H10N2O. The van der Waals surface area contributed by atoms with E-state index in [1.54, 1.807) is 17.8 Å². The van der Waals surface area contributed by atoms with Gasteiger partial charge in [0.05, 0.1) is 0 Å². The lowest BCUT2D eigenvalue weighted by Gasteiger charge is -2.00. The number of nitrogens with zero attached hydrogens (tertiary/aromatic N) is 1. The lowest BCUT2D eigenvalue weighted by Crippen LogP contribution is -2.16. The summed E-state index contributed by atoms with van der Waals surface area (Å²) in [6, 6.07) is 1.92. The summed E-state index contributed by atoms with van der Waals surface area (Å²) in [5.41, 5.74) is 1.84. The Morgan fingerprint density at radius 2 is 2.25 bits per heavy atom. The molecule has 0 unspecified atom stereocenters. The summed E-state index contributed by atoms with van der Waals surface area (Å²) in [7, 11) is 1.76. The molecule has 0 radical (unpaired) electrons. The van der Waals surface area contributed by atoms with Gasteiger partial charge in [-0.05, 0) is 18.6 Å². The first-order valence-electron chi connectivity index (χ1n) is 3.83. The van der Waals surface area contributed by atoms with Crippen molar-refractivity contribution in [2.75, 3.05) is 0 Å². The summed E-state index contributed by atoms with van der Waals surface area (Å²) >= 11 is 0. The van der Waals surface area contributed by atoms with Gasteiger partial charge in [0.1, 0.15) is 5.52 Å². The smallest absolute Gasteiger partial charge is 0.274 e. The second kappa shape index (κ2) is 2.24. The van der Waals surface area contributed by atoms with Crippen LogP contribution < -0.4 is 5.56 Å². The van der Waals surface area contributed by atoms with Gasteiger partial charge in [0.25, 0.3) is 5.56 Å². The molecule has 0 fully saturated rings. The van der Waals surface area contributed by atoms with Gasteiger partial charge in [-0.2, -0.15) is 0 Å². The van der Waals surface area contributed by atoms with Gasteiger partial charge in [0.15, 0.2) is 0 Å². The molecule has 0 saturated carbocycles. The van der Waals surface area contributed by atoms with E-state index in [1.807, 2.05) is 19.2 Å². The monoisotopic (exact) mass is 162 g/mol. The molecular weight excluding hydrogens is 152 g/mol. The van der Waals surface area contributed by atoms with Crippen LogP contribution in [0, 0.1) is 6.92 Å². The van der Waals surface area contributed by atoms with Crippen molar-refractivity contribution in [1.29, 1.82) is 0 Å². The van der Waals surface area contributed by atoms with Crippen LogP contribution in [0.4, 0.5) is 0 Å². The Morgan fingerprint density at radius 1 is 1.50 bits per heavy atom. The number of hydrogen-bond donors (Lipinski definition) is 1. The molecule has 2 rings (SSSR count). The number of rotatable bonds is 0. The molecule has 0 aliphatic rings. The number of aryl methyl sites for hydroxylation is 2. The summed E-state index contributed by atoms with van der Waals surface area (Å²) in [5, 5.41) is 1.01. The molecule has 12 heavy (non-hydrogen) atoms. The topological polar surface area (TPSA) is 37.8 Å². The van der Waals surface area contributed by atoms with Gasteiger partial charge in [0.2, 0.25) is 0 Å². The van der Waals surface area contributed by atoms with E-state index in [2.05, 4.69) is 4.98 Å². The zero-order chi connectivity index (χ0) is 8.72. The highest BCUT2D eigenvalue weighted by molar-refractivity contribution is 5.81. The number of hydrogen-bond acceptors (Lipinski definition) is 1. The number of aromatic amines is 1. The van der Waals surface area contributed by atoms with E-state index in [1.165, 1.54) is 0 Å². The zero-order valence-corrected chi connectivity index (χ0v) is 7.09. The molecule has 0 bridgehead atoms. The molecule has 0 aliphatic heterocycles. The second-order valence-corrected chi connectivity index (χ2v) is 2.99. The predicted molar refractivity (Wildman–Crippen MR) is 48.3 cm³/mol. The van der Waals surface area contributed by atoms with E-state index in [9.17, 15) is 4.79 Å². The standard InChI is InChI=1S/C9H10N2O/c1-6-5-11(2)9(12)8-7(6)3-4-10-8/h3-5,10H,1-2H3. The Kier molecular flexibility index (Phi) is 1.33. The third kappa shape index (κ3) is 0.794. The summed E-state index contributed by atoms with van der Waals surface area (Å²) in [4.78, 5) is 14.4. The minimum atomic E-state index is 0.0283. The van der Waals surface area contributed by atoms with Crippen molar-refractivity contribution in [1.82, 2.24) is 9.55 Å². The van der Waals surface area contributed by atoms with E-state index >= 15 is 0 Å². The molecule has 0 aliphatic carbocycles. The Bertz CT molecular complexity index is 479. The van der Waals surface area contributed by atoms with Crippen LogP contribution in [0.1, 0.15) is 5.56 Å². The molecule has 0 atom stereocenters. The van der Waals surface area contributed by atoms with E-state index in [-0.39, 0.29) is 5.56 Å². The first kappa shape index (κ1) is 7.16. The van der Waals surface area contributed by atoms with E-state index in [0.29, 0.717) is 5.52 Å². The maximum Gasteiger partial charge on any atom is 0.274 e. The van der Waals surface area contributed by atoms with E-state index in [4.69, 9.17) is 0 Å². The van der Waals surface area contributed by atoms with Crippen LogP contribution in [0.2, 0.25) is 0 Å². The minimum Gasteiger partial charge on any atom is -0.357 e. The first-order chi connectivity index (χ1) is 5.70. The molecule has 0 amide bonds. The number of fused-ring (bicyclic) bond motifs is 1. The summed E-state index contributed by atoms with van der Waals surface area (Å²) in [6.07, 6.45) is 3.64. The molecule has 3 heteroatoms. The summed E-state index contributed by atoms with van der Waals surface area (Å²) in [5.74, 6) is 0. The lowest BCUT2D eigenvalue weighted by atomic mass is 10.2. The van der Waals surface area contributed by atoms with E-state index < -0.39 is 0 Å². The molecule has 0 aromatic carbocycles. The largest absolute Gasteiger partial charge is 0.357 e. The number of pyridine rings is 1. The van der Waals surface area contributed by atoms with E-state index in [0.717, 1.165) is 10.9 Å².